The topological polar surface area (TPSA) is 61.0 Å². The van der Waals surface area contributed by atoms with Crippen LogP contribution in [0.15, 0.2) is 12.4 Å². The molecule has 0 spiro atoms. The van der Waals surface area contributed by atoms with Crippen LogP contribution < -0.4 is 10.5 Å². The van der Waals surface area contributed by atoms with Gasteiger partial charge in [0.25, 0.3) is 0 Å². The van der Waals surface area contributed by atoms with E-state index < -0.39 is 0 Å². The van der Waals surface area contributed by atoms with Gasteiger partial charge in [0, 0.05) is 12.1 Å². The van der Waals surface area contributed by atoms with Crippen molar-refractivity contribution in [1.29, 1.82) is 0 Å². The minimum absolute atomic E-state index is 0.00641. The Labute approximate surface area is 110 Å². The fraction of sp³-hybridized carbons (Fsp3) is 0.714. The Morgan fingerprint density at radius 1 is 1.17 bits per heavy atom. The summed E-state index contributed by atoms with van der Waals surface area (Å²) in [7, 11) is 1.60. The molecule has 0 aliphatic carbocycles. The Morgan fingerprint density at radius 3 is 2.61 bits per heavy atom. The maximum atomic E-state index is 6.11. The summed E-state index contributed by atoms with van der Waals surface area (Å²) < 4.78 is 5.07. The van der Waals surface area contributed by atoms with Gasteiger partial charge in [-0.3, -0.25) is 0 Å². The average molecular weight is 251 g/mol. The van der Waals surface area contributed by atoms with Crippen molar-refractivity contribution in [3.63, 3.8) is 0 Å². The Kier molecular flexibility index (Phi) is 7.34. The molecule has 0 bridgehead atoms. The fourth-order valence-electron chi connectivity index (χ4n) is 1.96. The SMILES string of the molecule is CCCCCCCCC(N)c1cc(OC)ncn1. The van der Waals surface area contributed by atoms with E-state index in [9.17, 15) is 0 Å². The monoisotopic (exact) mass is 251 g/mol. The largest absolute Gasteiger partial charge is 0.481 e. The maximum Gasteiger partial charge on any atom is 0.216 e. The van der Waals surface area contributed by atoms with Crippen molar-refractivity contribution in [2.75, 3.05) is 7.11 Å². The van der Waals surface area contributed by atoms with Gasteiger partial charge in [-0.15, -0.1) is 0 Å². The molecule has 0 radical (unpaired) electrons. The molecule has 0 saturated heterocycles. The van der Waals surface area contributed by atoms with Gasteiger partial charge >= 0.3 is 0 Å². The quantitative estimate of drug-likeness (QED) is 0.684. The Hall–Kier alpha value is -1.16. The molecule has 1 atom stereocenters. The van der Waals surface area contributed by atoms with E-state index in [1.54, 1.807) is 7.11 Å². The van der Waals surface area contributed by atoms with Crippen LogP contribution >= 0.6 is 0 Å². The fourth-order valence-corrected chi connectivity index (χ4v) is 1.96. The van der Waals surface area contributed by atoms with E-state index >= 15 is 0 Å². The molecule has 1 heterocycles. The van der Waals surface area contributed by atoms with Crippen molar-refractivity contribution in [2.45, 2.75) is 57.9 Å². The molecule has 0 amide bonds. The molecule has 0 aliphatic rings. The van der Waals surface area contributed by atoms with E-state index in [0.717, 1.165) is 18.5 Å². The Bertz CT molecular complexity index is 331. The van der Waals surface area contributed by atoms with Crippen molar-refractivity contribution >= 4 is 0 Å². The smallest absolute Gasteiger partial charge is 0.216 e. The van der Waals surface area contributed by atoms with Crippen LogP contribution in [-0.2, 0) is 0 Å². The average Bonchev–Trinajstić information content (AvgIpc) is 2.42. The number of nitrogens with zero attached hydrogens (tertiary/aromatic N) is 2. The number of methoxy groups -OCH3 is 1. The van der Waals surface area contributed by atoms with Gasteiger partial charge in [-0.2, -0.15) is 0 Å². The van der Waals surface area contributed by atoms with Gasteiger partial charge in [-0.25, -0.2) is 9.97 Å². The zero-order chi connectivity index (χ0) is 13.2. The molecule has 0 aromatic carbocycles. The van der Waals surface area contributed by atoms with E-state index in [1.165, 1.54) is 38.4 Å². The summed E-state index contributed by atoms with van der Waals surface area (Å²) >= 11 is 0. The number of aromatic nitrogens is 2. The van der Waals surface area contributed by atoms with E-state index in [-0.39, 0.29) is 6.04 Å². The predicted molar refractivity (Wildman–Crippen MR) is 73.5 cm³/mol. The minimum atomic E-state index is -0.00641. The lowest BCUT2D eigenvalue weighted by atomic mass is 10.0. The molecule has 0 fully saturated rings. The summed E-state index contributed by atoms with van der Waals surface area (Å²) in [4.78, 5) is 8.18. The highest BCUT2D eigenvalue weighted by Crippen LogP contribution is 2.18. The van der Waals surface area contributed by atoms with Gasteiger partial charge in [0.05, 0.1) is 12.8 Å². The van der Waals surface area contributed by atoms with Gasteiger partial charge in [0.1, 0.15) is 6.33 Å². The van der Waals surface area contributed by atoms with Crippen molar-refractivity contribution in [1.82, 2.24) is 9.97 Å². The van der Waals surface area contributed by atoms with Crippen LogP contribution in [0.3, 0.4) is 0 Å². The molecule has 4 heteroatoms. The Balaban J connectivity index is 2.25. The molecule has 1 rings (SSSR count). The maximum absolute atomic E-state index is 6.11. The van der Waals surface area contributed by atoms with Crippen LogP contribution in [0.1, 0.15) is 63.6 Å². The predicted octanol–water partition coefficient (Wildman–Crippen LogP) is 3.24. The molecule has 4 nitrogen and oxygen atoms in total. The first-order valence-electron chi connectivity index (χ1n) is 6.89. The van der Waals surface area contributed by atoms with E-state index in [1.807, 2.05) is 6.07 Å². The van der Waals surface area contributed by atoms with Crippen LogP contribution in [-0.4, -0.2) is 17.1 Å². The van der Waals surface area contributed by atoms with E-state index in [4.69, 9.17) is 10.5 Å². The molecule has 18 heavy (non-hydrogen) atoms. The molecule has 1 unspecified atom stereocenters. The summed E-state index contributed by atoms with van der Waals surface area (Å²) in [5, 5.41) is 0. The third kappa shape index (κ3) is 5.45. The number of rotatable bonds is 9. The lowest BCUT2D eigenvalue weighted by molar-refractivity contribution is 0.394. The minimum Gasteiger partial charge on any atom is -0.481 e. The molecular weight excluding hydrogens is 226 g/mol. The number of nitrogens with two attached hydrogens (primary N) is 1. The zero-order valence-electron chi connectivity index (χ0n) is 11.6. The van der Waals surface area contributed by atoms with Crippen LogP contribution in [0.2, 0.25) is 0 Å². The molecule has 1 aromatic rings. The molecule has 0 saturated carbocycles. The third-order valence-electron chi connectivity index (χ3n) is 3.12. The molecule has 2 N–H and O–H groups in total. The zero-order valence-corrected chi connectivity index (χ0v) is 11.6. The second-order valence-electron chi connectivity index (χ2n) is 4.65. The first-order valence-corrected chi connectivity index (χ1v) is 6.89. The van der Waals surface area contributed by atoms with Crippen LogP contribution in [0.25, 0.3) is 0 Å². The highest BCUT2D eigenvalue weighted by Gasteiger charge is 2.08. The van der Waals surface area contributed by atoms with Crippen molar-refractivity contribution in [3.8, 4) is 5.88 Å². The number of hydrogen-bond donors (Lipinski definition) is 1. The van der Waals surface area contributed by atoms with E-state index in [0.29, 0.717) is 5.88 Å². The van der Waals surface area contributed by atoms with E-state index in [2.05, 4.69) is 16.9 Å². The second-order valence-corrected chi connectivity index (χ2v) is 4.65. The van der Waals surface area contributed by atoms with Crippen molar-refractivity contribution in [3.05, 3.63) is 18.1 Å². The molecule has 0 aliphatic heterocycles. The van der Waals surface area contributed by atoms with Gasteiger partial charge in [0.2, 0.25) is 5.88 Å². The lowest BCUT2D eigenvalue weighted by Gasteiger charge is -2.11. The molecule has 102 valence electrons. The molecule has 1 aromatic heterocycles. The highest BCUT2D eigenvalue weighted by atomic mass is 16.5. The Morgan fingerprint density at radius 2 is 1.89 bits per heavy atom. The highest BCUT2D eigenvalue weighted by molar-refractivity contribution is 5.15. The normalized spacial score (nSPS) is 12.4. The van der Waals surface area contributed by atoms with Gasteiger partial charge in [0.15, 0.2) is 0 Å². The lowest BCUT2D eigenvalue weighted by Crippen LogP contribution is -2.12. The number of unbranched alkanes of at least 4 members (excludes halogenated alkanes) is 5. The number of hydrogen-bond acceptors (Lipinski definition) is 4. The summed E-state index contributed by atoms with van der Waals surface area (Å²) in [5.74, 6) is 0.582. The number of ether oxygens (including phenoxy) is 1. The van der Waals surface area contributed by atoms with Crippen LogP contribution in [0.4, 0.5) is 0 Å². The molecular formula is C14H25N3O. The van der Waals surface area contributed by atoms with Gasteiger partial charge in [-0.05, 0) is 6.42 Å². The first kappa shape index (κ1) is 14.9. The van der Waals surface area contributed by atoms with Crippen LogP contribution in [0.5, 0.6) is 5.88 Å². The van der Waals surface area contributed by atoms with Crippen LogP contribution in [0, 0.1) is 0 Å². The van der Waals surface area contributed by atoms with Crippen molar-refractivity contribution in [2.24, 2.45) is 5.73 Å². The van der Waals surface area contributed by atoms with Gasteiger partial charge in [-0.1, -0.05) is 45.4 Å². The standard InChI is InChI=1S/C14H25N3O/c1-3-4-5-6-7-8-9-12(15)13-10-14(18-2)17-11-16-13/h10-12H,3-9,15H2,1-2H3. The summed E-state index contributed by atoms with van der Waals surface area (Å²) in [6.07, 6.45) is 10.2. The summed E-state index contributed by atoms with van der Waals surface area (Å²) in [6, 6.07) is 1.81. The summed E-state index contributed by atoms with van der Waals surface area (Å²) in [6.45, 7) is 2.23. The van der Waals surface area contributed by atoms with Crippen molar-refractivity contribution < 1.29 is 4.74 Å². The summed E-state index contributed by atoms with van der Waals surface area (Å²) in [5.41, 5.74) is 6.98. The van der Waals surface area contributed by atoms with Gasteiger partial charge < -0.3 is 10.5 Å². The first-order chi connectivity index (χ1) is 8.77. The third-order valence-corrected chi connectivity index (χ3v) is 3.12. The second kappa shape index (κ2) is 8.86.